The molecule has 7 nitrogen and oxygen atoms in total. The number of aromatic nitrogens is 3. The first kappa shape index (κ1) is 35.4. The number of pyridine rings is 1. The Morgan fingerprint density at radius 3 is 2.22 bits per heavy atom. The lowest BCUT2D eigenvalue weighted by Crippen LogP contribution is -2.34. The van der Waals surface area contributed by atoms with Gasteiger partial charge in [-0.2, -0.15) is 31.4 Å². The summed E-state index contributed by atoms with van der Waals surface area (Å²) in [6, 6.07) is 5.89. The molecule has 0 spiro atoms. The molecule has 14 heteroatoms. The molecule has 1 aliphatic rings. The summed E-state index contributed by atoms with van der Waals surface area (Å²) in [5.41, 5.74) is -1.37. The van der Waals surface area contributed by atoms with Gasteiger partial charge in [-0.15, -0.1) is 0 Å². The van der Waals surface area contributed by atoms with E-state index in [2.05, 4.69) is 10.1 Å². The number of benzene rings is 1. The summed E-state index contributed by atoms with van der Waals surface area (Å²) in [4.78, 5) is 19.8. The molecule has 1 fully saturated rings. The third kappa shape index (κ3) is 9.52. The zero-order valence-electron chi connectivity index (χ0n) is 26.0. The van der Waals surface area contributed by atoms with Crippen molar-refractivity contribution in [2.24, 2.45) is 18.9 Å². The van der Waals surface area contributed by atoms with Crippen LogP contribution >= 0.6 is 11.6 Å². The molecule has 252 valence electrons. The second-order valence-corrected chi connectivity index (χ2v) is 12.1. The average molecular weight is 674 g/mol. The number of alkyl halides is 6. The van der Waals surface area contributed by atoms with Gasteiger partial charge < -0.3 is 14.5 Å². The molecule has 2 aromatic heterocycles. The van der Waals surface area contributed by atoms with Crippen LogP contribution in [-0.2, 0) is 42.0 Å². The number of halogens is 7. The van der Waals surface area contributed by atoms with E-state index in [1.54, 1.807) is 31.1 Å². The smallest absolute Gasteiger partial charge is 0.417 e. The molecule has 1 aliphatic carbocycles. The van der Waals surface area contributed by atoms with Crippen molar-refractivity contribution >= 4 is 29.2 Å². The lowest BCUT2D eigenvalue weighted by molar-refractivity contribution is -0.144. The highest BCUT2D eigenvalue weighted by Gasteiger charge is 2.34. The topological polar surface area (TPSA) is 63.5 Å². The third-order valence-corrected chi connectivity index (χ3v) is 8.42. The standard InChI is InChI=1S/C32H38ClF6N5O2/c1-4-43(18-22-8-6-21(7-9-22)14-29(45)46-5-2)30-24(15-26(17-40-30)32(37,38)39)20-44(28-10-11-42(3)41-28)19-23-12-25(31(34,35)36)16-27(33)13-23/h10-13,15-17,21-22H,4-9,14,18-20H2,1-3H3/t21-,22-. The second kappa shape index (κ2) is 15.0. The first-order valence-corrected chi connectivity index (χ1v) is 15.6. The number of ether oxygens (including phenoxy) is 1. The van der Waals surface area contributed by atoms with E-state index in [1.807, 2.05) is 11.8 Å². The number of hydrogen-bond donors (Lipinski definition) is 0. The quantitative estimate of drug-likeness (QED) is 0.142. The Hall–Kier alpha value is -3.48. The van der Waals surface area contributed by atoms with Crippen molar-refractivity contribution in [2.45, 2.75) is 71.4 Å². The minimum atomic E-state index is -4.65. The Morgan fingerprint density at radius 1 is 0.957 bits per heavy atom. The molecule has 0 unspecified atom stereocenters. The van der Waals surface area contributed by atoms with E-state index in [0.717, 1.165) is 50.1 Å². The maximum atomic E-state index is 13.9. The normalized spacial score (nSPS) is 17.2. The Morgan fingerprint density at radius 2 is 1.63 bits per heavy atom. The van der Waals surface area contributed by atoms with Crippen molar-refractivity contribution in [1.82, 2.24) is 14.8 Å². The summed E-state index contributed by atoms with van der Waals surface area (Å²) >= 11 is 6.04. The molecule has 0 amide bonds. The average Bonchev–Trinajstić information content (AvgIpc) is 3.41. The van der Waals surface area contributed by atoms with Crippen LogP contribution in [0.3, 0.4) is 0 Å². The minimum Gasteiger partial charge on any atom is -0.466 e. The third-order valence-electron chi connectivity index (χ3n) is 8.20. The maximum Gasteiger partial charge on any atom is 0.417 e. The van der Waals surface area contributed by atoms with Gasteiger partial charge in [0.1, 0.15) is 5.82 Å². The number of carbonyl (C=O) groups excluding carboxylic acids is 1. The van der Waals surface area contributed by atoms with Gasteiger partial charge >= 0.3 is 18.3 Å². The zero-order valence-corrected chi connectivity index (χ0v) is 26.7. The number of aryl methyl sites for hydroxylation is 1. The number of nitrogens with zero attached hydrogens (tertiary/aromatic N) is 5. The highest BCUT2D eigenvalue weighted by Crippen LogP contribution is 2.36. The van der Waals surface area contributed by atoms with Crippen LogP contribution < -0.4 is 9.80 Å². The lowest BCUT2D eigenvalue weighted by atomic mass is 9.80. The van der Waals surface area contributed by atoms with Gasteiger partial charge in [-0.1, -0.05) is 11.6 Å². The van der Waals surface area contributed by atoms with E-state index >= 15 is 0 Å². The van der Waals surface area contributed by atoms with Crippen molar-refractivity contribution in [3.63, 3.8) is 0 Å². The van der Waals surface area contributed by atoms with Crippen LogP contribution in [-0.4, -0.2) is 40.4 Å². The highest BCUT2D eigenvalue weighted by atomic mass is 35.5. The maximum absolute atomic E-state index is 13.9. The monoisotopic (exact) mass is 673 g/mol. The Balaban J connectivity index is 1.63. The molecule has 0 bridgehead atoms. The predicted molar refractivity (Wildman–Crippen MR) is 163 cm³/mol. The van der Waals surface area contributed by atoms with Crippen LogP contribution in [0.25, 0.3) is 0 Å². The fourth-order valence-electron chi connectivity index (χ4n) is 5.93. The van der Waals surface area contributed by atoms with E-state index in [1.165, 1.54) is 10.7 Å². The minimum absolute atomic E-state index is 0.104. The molecule has 0 radical (unpaired) electrons. The summed E-state index contributed by atoms with van der Waals surface area (Å²) in [6.07, 6.45) is -3.05. The van der Waals surface area contributed by atoms with Crippen LogP contribution in [0.1, 0.15) is 68.2 Å². The molecular formula is C32H38ClF6N5O2. The fourth-order valence-corrected chi connectivity index (χ4v) is 6.19. The summed E-state index contributed by atoms with van der Waals surface area (Å²) < 4.78 is 89.0. The van der Waals surface area contributed by atoms with E-state index in [4.69, 9.17) is 16.3 Å². The van der Waals surface area contributed by atoms with Crippen LogP contribution in [0, 0.1) is 11.8 Å². The van der Waals surface area contributed by atoms with Gasteiger partial charge in [-0.3, -0.25) is 9.48 Å². The highest BCUT2D eigenvalue weighted by molar-refractivity contribution is 6.30. The summed E-state index contributed by atoms with van der Waals surface area (Å²) in [6.45, 7) is 4.83. The number of anilines is 2. The van der Waals surface area contributed by atoms with Crippen molar-refractivity contribution < 1.29 is 35.9 Å². The molecule has 2 heterocycles. The molecule has 0 saturated heterocycles. The second-order valence-electron chi connectivity index (χ2n) is 11.7. The molecule has 0 atom stereocenters. The zero-order chi connectivity index (χ0) is 33.6. The van der Waals surface area contributed by atoms with Gasteiger partial charge in [0, 0.05) is 68.7 Å². The van der Waals surface area contributed by atoms with E-state index in [0.29, 0.717) is 37.8 Å². The summed E-state index contributed by atoms with van der Waals surface area (Å²) in [5.74, 6) is 1.01. The Kier molecular flexibility index (Phi) is 11.5. The van der Waals surface area contributed by atoms with Gasteiger partial charge in [0.05, 0.1) is 17.7 Å². The van der Waals surface area contributed by atoms with Crippen molar-refractivity contribution in [2.75, 3.05) is 29.5 Å². The van der Waals surface area contributed by atoms with Gasteiger partial charge in [-0.25, -0.2) is 4.98 Å². The SMILES string of the molecule is CCOC(=O)C[C@H]1CC[C@H](CN(CC)c2ncc(C(F)(F)F)cc2CN(Cc2cc(Cl)cc(C(F)(F)F)c2)c2ccn(C)n2)CC1. The molecule has 46 heavy (non-hydrogen) atoms. The molecular weight excluding hydrogens is 636 g/mol. The molecule has 4 rings (SSSR count). The first-order chi connectivity index (χ1) is 21.7. The van der Waals surface area contributed by atoms with Crippen LogP contribution in [0.2, 0.25) is 5.02 Å². The Bertz CT molecular complexity index is 1470. The van der Waals surface area contributed by atoms with Crippen molar-refractivity contribution in [3.05, 3.63) is 70.0 Å². The van der Waals surface area contributed by atoms with Gasteiger partial charge in [0.2, 0.25) is 0 Å². The molecule has 0 aliphatic heterocycles. The summed E-state index contributed by atoms with van der Waals surface area (Å²) in [5, 5.41) is 4.28. The van der Waals surface area contributed by atoms with Crippen LogP contribution in [0.4, 0.5) is 38.0 Å². The number of rotatable bonds is 12. The number of esters is 1. The molecule has 1 aromatic carbocycles. The fraction of sp³-hybridized carbons (Fsp3) is 0.531. The van der Waals surface area contributed by atoms with Crippen LogP contribution in [0.15, 0.2) is 42.7 Å². The van der Waals surface area contributed by atoms with Gasteiger partial charge in [-0.05, 0) is 81.2 Å². The molecule has 3 aromatic rings. The largest absolute Gasteiger partial charge is 0.466 e. The number of carbonyl (C=O) groups is 1. The van der Waals surface area contributed by atoms with E-state index in [9.17, 15) is 31.1 Å². The van der Waals surface area contributed by atoms with E-state index < -0.39 is 23.5 Å². The Labute approximate surface area is 269 Å². The summed E-state index contributed by atoms with van der Waals surface area (Å²) in [7, 11) is 1.67. The van der Waals surface area contributed by atoms with E-state index in [-0.39, 0.29) is 47.0 Å². The van der Waals surface area contributed by atoms with Crippen molar-refractivity contribution in [3.8, 4) is 0 Å². The van der Waals surface area contributed by atoms with Gasteiger partial charge in [0.15, 0.2) is 5.82 Å². The van der Waals surface area contributed by atoms with Gasteiger partial charge in [0.25, 0.3) is 0 Å². The predicted octanol–water partition coefficient (Wildman–Crippen LogP) is 8.30. The molecule has 1 saturated carbocycles. The van der Waals surface area contributed by atoms with Crippen LogP contribution in [0.5, 0.6) is 0 Å². The first-order valence-electron chi connectivity index (χ1n) is 15.2. The van der Waals surface area contributed by atoms with Crippen molar-refractivity contribution in [1.29, 1.82) is 0 Å². The molecule has 0 N–H and O–H groups in total. The lowest BCUT2D eigenvalue weighted by Gasteiger charge is -2.34. The number of hydrogen-bond acceptors (Lipinski definition) is 6.